The summed E-state index contributed by atoms with van der Waals surface area (Å²) in [6, 6.07) is 23.1. The second kappa shape index (κ2) is 11.5. The minimum atomic E-state index is -0.982. The van der Waals surface area contributed by atoms with Crippen molar-refractivity contribution in [1.29, 1.82) is 0 Å². The molecule has 3 aromatic carbocycles. The van der Waals surface area contributed by atoms with E-state index in [0.29, 0.717) is 42.8 Å². The maximum absolute atomic E-state index is 14.0. The third kappa shape index (κ3) is 5.45. The lowest BCUT2D eigenvalue weighted by Crippen LogP contribution is -2.60. The SMILES string of the molecule is COc1cccc(C(=O)N2CCC3(CC2)OC[C@@H](C(=O)N[C@H](C)c2ccccc2)N3C(=O)c2cccc(C)c2)c1. The van der Waals surface area contributed by atoms with Gasteiger partial charge in [-0.1, -0.05) is 54.1 Å². The van der Waals surface area contributed by atoms with Gasteiger partial charge in [-0.05, 0) is 49.7 Å². The first-order chi connectivity index (χ1) is 19.3. The van der Waals surface area contributed by atoms with E-state index in [0.717, 1.165) is 11.1 Å². The fourth-order valence-corrected chi connectivity index (χ4v) is 5.62. The minimum Gasteiger partial charge on any atom is -0.497 e. The largest absolute Gasteiger partial charge is 0.497 e. The Balaban J connectivity index is 1.38. The highest BCUT2D eigenvalue weighted by Crippen LogP contribution is 2.39. The van der Waals surface area contributed by atoms with Gasteiger partial charge < -0.3 is 19.7 Å². The van der Waals surface area contributed by atoms with Crippen LogP contribution in [-0.2, 0) is 9.53 Å². The number of benzene rings is 3. The molecule has 0 radical (unpaired) electrons. The van der Waals surface area contributed by atoms with Crippen molar-refractivity contribution in [2.75, 3.05) is 26.8 Å². The Kier molecular flexibility index (Phi) is 7.89. The number of amides is 3. The third-order valence-corrected chi connectivity index (χ3v) is 7.85. The van der Waals surface area contributed by atoms with E-state index in [1.165, 1.54) is 0 Å². The fraction of sp³-hybridized carbons (Fsp3) is 0.344. The average molecular weight is 542 g/mol. The molecule has 0 saturated carbocycles. The van der Waals surface area contributed by atoms with Crippen LogP contribution in [0, 0.1) is 6.92 Å². The third-order valence-electron chi connectivity index (χ3n) is 7.85. The molecule has 5 rings (SSSR count). The van der Waals surface area contributed by atoms with E-state index in [2.05, 4.69) is 5.32 Å². The standard InChI is InChI=1S/C32H35N3O5/c1-22-9-7-12-25(19-22)31(38)35-28(29(36)33-23(2)24-10-5-4-6-11-24)21-40-32(35)15-17-34(18-16-32)30(37)26-13-8-14-27(20-26)39-3/h4-14,19-20,23,28H,15-18,21H2,1-3H3,(H,33,36)/t23-,28+/m1/s1. The molecule has 0 bridgehead atoms. The van der Waals surface area contributed by atoms with Crippen molar-refractivity contribution < 1.29 is 23.9 Å². The maximum atomic E-state index is 14.0. The zero-order valence-electron chi connectivity index (χ0n) is 23.1. The van der Waals surface area contributed by atoms with Gasteiger partial charge in [0, 0.05) is 37.1 Å². The van der Waals surface area contributed by atoms with Crippen LogP contribution in [0.5, 0.6) is 5.75 Å². The van der Waals surface area contributed by atoms with Crippen LogP contribution in [0.2, 0.25) is 0 Å². The number of hydrogen-bond donors (Lipinski definition) is 1. The Bertz CT molecular complexity index is 1380. The zero-order chi connectivity index (χ0) is 28.3. The van der Waals surface area contributed by atoms with Gasteiger partial charge in [-0.25, -0.2) is 0 Å². The molecule has 2 atom stereocenters. The second-order valence-electron chi connectivity index (χ2n) is 10.5. The molecule has 2 heterocycles. The molecule has 40 heavy (non-hydrogen) atoms. The van der Waals surface area contributed by atoms with E-state index < -0.39 is 11.8 Å². The molecule has 3 aromatic rings. The summed E-state index contributed by atoms with van der Waals surface area (Å²) in [7, 11) is 1.57. The minimum absolute atomic E-state index is 0.0920. The molecule has 3 amide bonds. The van der Waals surface area contributed by atoms with Crippen LogP contribution in [0.3, 0.4) is 0 Å². The topological polar surface area (TPSA) is 88.2 Å². The van der Waals surface area contributed by atoms with Crippen molar-refractivity contribution in [2.45, 2.75) is 44.5 Å². The Morgan fingerprint density at radius 1 is 0.925 bits per heavy atom. The van der Waals surface area contributed by atoms with E-state index >= 15 is 0 Å². The van der Waals surface area contributed by atoms with Crippen molar-refractivity contribution in [2.24, 2.45) is 0 Å². The molecule has 8 heteroatoms. The number of hydrogen-bond acceptors (Lipinski definition) is 5. The smallest absolute Gasteiger partial charge is 0.256 e. The van der Waals surface area contributed by atoms with Gasteiger partial charge in [0.05, 0.1) is 19.8 Å². The number of nitrogens with one attached hydrogen (secondary N) is 1. The van der Waals surface area contributed by atoms with Crippen molar-refractivity contribution in [3.8, 4) is 5.75 Å². The molecule has 8 nitrogen and oxygen atoms in total. The van der Waals surface area contributed by atoms with Crippen LogP contribution in [-0.4, -0.2) is 66.1 Å². The van der Waals surface area contributed by atoms with E-state index in [-0.39, 0.29) is 30.4 Å². The number of rotatable bonds is 6. The number of aryl methyl sites for hydroxylation is 1. The normalized spacial score (nSPS) is 18.8. The van der Waals surface area contributed by atoms with Crippen LogP contribution in [0.4, 0.5) is 0 Å². The average Bonchev–Trinajstić information content (AvgIpc) is 3.35. The molecule has 2 fully saturated rings. The van der Waals surface area contributed by atoms with E-state index in [1.807, 2.05) is 62.4 Å². The van der Waals surface area contributed by atoms with Gasteiger partial charge in [-0.2, -0.15) is 0 Å². The molecule has 2 saturated heterocycles. The molecule has 2 aliphatic heterocycles. The number of nitrogens with zero attached hydrogens (tertiary/aromatic N) is 2. The van der Waals surface area contributed by atoms with Gasteiger partial charge in [-0.3, -0.25) is 19.3 Å². The van der Waals surface area contributed by atoms with Crippen LogP contribution < -0.4 is 10.1 Å². The van der Waals surface area contributed by atoms with E-state index in [1.54, 1.807) is 47.2 Å². The highest BCUT2D eigenvalue weighted by molar-refractivity contribution is 5.99. The van der Waals surface area contributed by atoms with Crippen LogP contribution in [0.1, 0.15) is 57.7 Å². The van der Waals surface area contributed by atoms with Crippen molar-refractivity contribution in [1.82, 2.24) is 15.1 Å². The van der Waals surface area contributed by atoms with E-state index in [4.69, 9.17) is 9.47 Å². The zero-order valence-corrected chi connectivity index (χ0v) is 23.1. The predicted molar refractivity (Wildman–Crippen MR) is 151 cm³/mol. The predicted octanol–water partition coefficient (Wildman–Crippen LogP) is 4.35. The summed E-state index contributed by atoms with van der Waals surface area (Å²) >= 11 is 0. The quantitative estimate of drug-likeness (QED) is 0.501. The number of likely N-dealkylation sites (tertiary alicyclic amines) is 1. The van der Waals surface area contributed by atoms with Crippen molar-refractivity contribution >= 4 is 17.7 Å². The van der Waals surface area contributed by atoms with Gasteiger partial charge in [0.25, 0.3) is 11.8 Å². The molecule has 1 N–H and O–H groups in total. The van der Waals surface area contributed by atoms with Gasteiger partial charge in [-0.15, -0.1) is 0 Å². The summed E-state index contributed by atoms with van der Waals surface area (Å²) in [6.07, 6.45) is 0.802. The Morgan fingerprint density at radius 3 is 2.27 bits per heavy atom. The molecule has 1 spiro atoms. The van der Waals surface area contributed by atoms with Crippen molar-refractivity contribution in [3.63, 3.8) is 0 Å². The van der Waals surface area contributed by atoms with Gasteiger partial charge in [0.15, 0.2) is 0 Å². The van der Waals surface area contributed by atoms with Gasteiger partial charge in [0.2, 0.25) is 5.91 Å². The first-order valence-electron chi connectivity index (χ1n) is 13.6. The first-order valence-corrected chi connectivity index (χ1v) is 13.6. The number of carbonyl (C=O) groups is 3. The van der Waals surface area contributed by atoms with Gasteiger partial charge >= 0.3 is 0 Å². The summed E-state index contributed by atoms with van der Waals surface area (Å²) in [5.41, 5.74) is 2.00. The number of ether oxygens (including phenoxy) is 2. The van der Waals surface area contributed by atoms with E-state index in [9.17, 15) is 14.4 Å². The van der Waals surface area contributed by atoms with Crippen LogP contribution in [0.15, 0.2) is 78.9 Å². The maximum Gasteiger partial charge on any atom is 0.256 e. The lowest BCUT2D eigenvalue weighted by Gasteiger charge is -2.44. The van der Waals surface area contributed by atoms with Crippen LogP contribution in [0.25, 0.3) is 0 Å². The lowest BCUT2D eigenvalue weighted by molar-refractivity contribution is -0.128. The summed E-state index contributed by atoms with van der Waals surface area (Å²) in [5, 5.41) is 3.08. The fourth-order valence-electron chi connectivity index (χ4n) is 5.62. The molecular formula is C32H35N3O5. The number of carbonyl (C=O) groups excluding carboxylic acids is 3. The Hall–Kier alpha value is -4.17. The summed E-state index contributed by atoms with van der Waals surface area (Å²) in [6.45, 7) is 4.73. The molecule has 0 aromatic heterocycles. The number of methoxy groups -OCH3 is 1. The lowest BCUT2D eigenvalue weighted by atomic mass is 9.95. The molecule has 208 valence electrons. The molecule has 2 aliphatic rings. The second-order valence-corrected chi connectivity index (χ2v) is 10.5. The summed E-state index contributed by atoms with van der Waals surface area (Å²) in [5.74, 6) is 0.00617. The first kappa shape index (κ1) is 27.4. The number of piperidine rings is 1. The molecule has 0 aliphatic carbocycles. The molecular weight excluding hydrogens is 506 g/mol. The highest BCUT2D eigenvalue weighted by atomic mass is 16.5. The van der Waals surface area contributed by atoms with Crippen molar-refractivity contribution in [3.05, 3.63) is 101 Å². The summed E-state index contributed by atoms with van der Waals surface area (Å²) < 4.78 is 11.6. The highest BCUT2D eigenvalue weighted by Gasteiger charge is 2.54. The van der Waals surface area contributed by atoms with Gasteiger partial charge in [0.1, 0.15) is 17.5 Å². The Labute approximate surface area is 234 Å². The Morgan fingerprint density at radius 2 is 1.60 bits per heavy atom. The van der Waals surface area contributed by atoms with Crippen LogP contribution >= 0.6 is 0 Å². The monoisotopic (exact) mass is 541 g/mol. The molecule has 0 unspecified atom stereocenters. The summed E-state index contributed by atoms with van der Waals surface area (Å²) in [4.78, 5) is 44.3.